The summed E-state index contributed by atoms with van der Waals surface area (Å²) >= 11 is 6.25. The van der Waals surface area contributed by atoms with Gasteiger partial charge in [-0.05, 0) is 54.7 Å². The van der Waals surface area contributed by atoms with E-state index in [1.54, 1.807) is 0 Å². The average Bonchev–Trinajstić information content (AvgIpc) is 2.68. The Morgan fingerprint density at radius 1 is 1.07 bits per heavy atom. The monoisotopic (exact) mass is 400 g/mol. The number of hydrogen-bond donors (Lipinski definition) is 0. The van der Waals surface area contributed by atoms with Gasteiger partial charge >= 0.3 is 0 Å². The normalized spacial score (nSPS) is 14.5. The second kappa shape index (κ2) is 8.87. The van der Waals surface area contributed by atoms with Gasteiger partial charge in [0.2, 0.25) is 0 Å². The molecule has 28 heavy (non-hydrogen) atoms. The zero-order valence-electron chi connectivity index (χ0n) is 17.2. The number of carbonyl (C=O) groups is 1. The molecule has 0 bridgehead atoms. The fraction of sp³-hybridized carbons (Fsp3) is 0.435. The summed E-state index contributed by atoms with van der Waals surface area (Å²) in [6, 6.07) is 12.3. The number of amides is 1. The smallest absolute Gasteiger partial charge is 0.260 e. The average molecular weight is 401 g/mol. The van der Waals surface area contributed by atoms with Crippen molar-refractivity contribution in [2.75, 3.05) is 37.7 Å². The molecule has 2 aromatic carbocycles. The Bertz CT molecular complexity index is 842. The third-order valence-corrected chi connectivity index (χ3v) is 5.76. The van der Waals surface area contributed by atoms with E-state index < -0.39 is 0 Å². The molecule has 0 aliphatic carbocycles. The van der Waals surface area contributed by atoms with Gasteiger partial charge in [0.25, 0.3) is 5.91 Å². The number of piperazine rings is 1. The van der Waals surface area contributed by atoms with Gasteiger partial charge in [-0.3, -0.25) is 4.79 Å². The molecule has 2 aromatic rings. The van der Waals surface area contributed by atoms with Crippen molar-refractivity contribution in [3.63, 3.8) is 0 Å². The third-order valence-electron chi connectivity index (χ3n) is 5.35. The molecule has 1 heterocycles. The maximum Gasteiger partial charge on any atom is 0.260 e. The van der Waals surface area contributed by atoms with Crippen molar-refractivity contribution in [3.05, 3.63) is 58.1 Å². The molecule has 3 rings (SSSR count). The van der Waals surface area contributed by atoms with Crippen LogP contribution in [0.1, 0.15) is 36.5 Å². The predicted octanol–water partition coefficient (Wildman–Crippen LogP) is 4.81. The molecule has 1 saturated heterocycles. The van der Waals surface area contributed by atoms with E-state index >= 15 is 0 Å². The van der Waals surface area contributed by atoms with Gasteiger partial charge in [-0.1, -0.05) is 43.6 Å². The highest BCUT2D eigenvalue weighted by Crippen LogP contribution is 2.32. The molecule has 0 N–H and O–H groups in total. The maximum absolute atomic E-state index is 12.7. The van der Waals surface area contributed by atoms with E-state index in [-0.39, 0.29) is 18.4 Å². The number of para-hydroxylation sites is 1. The summed E-state index contributed by atoms with van der Waals surface area (Å²) in [5.41, 5.74) is 4.52. The third kappa shape index (κ3) is 4.61. The lowest BCUT2D eigenvalue weighted by Gasteiger charge is -2.36. The first kappa shape index (κ1) is 20.5. The zero-order valence-corrected chi connectivity index (χ0v) is 17.9. The number of benzene rings is 2. The lowest BCUT2D eigenvalue weighted by molar-refractivity contribution is -0.133. The van der Waals surface area contributed by atoms with Gasteiger partial charge < -0.3 is 14.5 Å². The molecule has 1 fully saturated rings. The zero-order chi connectivity index (χ0) is 20.3. The molecule has 150 valence electrons. The minimum absolute atomic E-state index is 0.0340. The van der Waals surface area contributed by atoms with E-state index in [1.165, 1.54) is 11.3 Å². The molecule has 0 radical (unpaired) electrons. The number of aryl methyl sites for hydroxylation is 2. The van der Waals surface area contributed by atoms with Gasteiger partial charge in [-0.15, -0.1) is 0 Å². The molecule has 0 spiro atoms. The van der Waals surface area contributed by atoms with Crippen LogP contribution in [0.2, 0.25) is 5.02 Å². The van der Waals surface area contributed by atoms with Crippen LogP contribution in [0.3, 0.4) is 0 Å². The molecule has 1 aliphatic heterocycles. The lowest BCUT2D eigenvalue weighted by Crippen LogP contribution is -2.50. The molecule has 5 heteroatoms. The van der Waals surface area contributed by atoms with Crippen LogP contribution in [0, 0.1) is 13.8 Å². The quantitative estimate of drug-likeness (QED) is 0.722. The van der Waals surface area contributed by atoms with E-state index in [0.717, 1.165) is 35.0 Å². The van der Waals surface area contributed by atoms with Crippen molar-refractivity contribution in [2.24, 2.45) is 0 Å². The molecular weight excluding hydrogens is 372 g/mol. The van der Waals surface area contributed by atoms with E-state index in [0.29, 0.717) is 13.1 Å². The lowest BCUT2D eigenvalue weighted by atomic mass is 10.0. The standard InChI is InChI=1S/C23H29ClN2O2/c1-16(2)19-14-20(24)18(4)13-22(19)28-15-23(27)26-11-9-25(10-12-26)21-8-6-5-7-17(21)3/h5-8,13-14,16H,9-12,15H2,1-4H3. The first-order valence-corrected chi connectivity index (χ1v) is 10.3. The maximum atomic E-state index is 12.7. The van der Waals surface area contributed by atoms with Crippen LogP contribution in [0.15, 0.2) is 36.4 Å². The Hall–Kier alpha value is -2.20. The van der Waals surface area contributed by atoms with Crippen LogP contribution in [0.4, 0.5) is 5.69 Å². The summed E-state index contributed by atoms with van der Waals surface area (Å²) < 4.78 is 5.92. The van der Waals surface area contributed by atoms with Gasteiger partial charge in [-0.2, -0.15) is 0 Å². The number of halogens is 1. The van der Waals surface area contributed by atoms with Crippen LogP contribution < -0.4 is 9.64 Å². The van der Waals surface area contributed by atoms with E-state index in [9.17, 15) is 4.79 Å². The fourth-order valence-electron chi connectivity index (χ4n) is 3.59. The van der Waals surface area contributed by atoms with Crippen LogP contribution in [0.5, 0.6) is 5.75 Å². The van der Waals surface area contributed by atoms with Crippen molar-refractivity contribution >= 4 is 23.2 Å². The molecule has 0 aromatic heterocycles. The Balaban J connectivity index is 1.58. The van der Waals surface area contributed by atoms with Gasteiger partial charge in [0, 0.05) is 36.9 Å². The highest BCUT2D eigenvalue weighted by Gasteiger charge is 2.23. The number of carbonyl (C=O) groups excluding carboxylic acids is 1. The van der Waals surface area contributed by atoms with E-state index in [2.05, 4.69) is 49.9 Å². The number of hydrogen-bond acceptors (Lipinski definition) is 3. The Morgan fingerprint density at radius 3 is 2.39 bits per heavy atom. The second-order valence-electron chi connectivity index (χ2n) is 7.74. The highest BCUT2D eigenvalue weighted by atomic mass is 35.5. The van der Waals surface area contributed by atoms with Gasteiger partial charge in [0.1, 0.15) is 5.75 Å². The summed E-state index contributed by atoms with van der Waals surface area (Å²) in [6.45, 7) is 11.4. The number of nitrogens with zero attached hydrogens (tertiary/aromatic N) is 2. The summed E-state index contributed by atoms with van der Waals surface area (Å²) in [4.78, 5) is 16.9. The predicted molar refractivity (Wildman–Crippen MR) is 116 cm³/mol. The minimum Gasteiger partial charge on any atom is -0.483 e. The van der Waals surface area contributed by atoms with Crippen molar-refractivity contribution in [2.45, 2.75) is 33.6 Å². The summed E-state index contributed by atoms with van der Waals surface area (Å²) in [5.74, 6) is 1.07. The first-order valence-electron chi connectivity index (χ1n) is 9.88. The summed E-state index contributed by atoms with van der Waals surface area (Å²) in [7, 11) is 0. The summed E-state index contributed by atoms with van der Waals surface area (Å²) in [6.07, 6.45) is 0. The van der Waals surface area contributed by atoms with Crippen molar-refractivity contribution < 1.29 is 9.53 Å². The Kier molecular flexibility index (Phi) is 6.50. The molecule has 1 amide bonds. The van der Waals surface area contributed by atoms with Crippen LogP contribution in [0.25, 0.3) is 0 Å². The van der Waals surface area contributed by atoms with Crippen molar-refractivity contribution in [1.29, 1.82) is 0 Å². The molecule has 1 aliphatic rings. The van der Waals surface area contributed by atoms with Crippen LogP contribution in [-0.4, -0.2) is 43.6 Å². The topological polar surface area (TPSA) is 32.8 Å². The fourth-order valence-corrected chi connectivity index (χ4v) is 3.76. The van der Waals surface area contributed by atoms with Gasteiger partial charge in [0.05, 0.1) is 0 Å². The summed E-state index contributed by atoms with van der Waals surface area (Å²) in [5, 5.41) is 0.731. The van der Waals surface area contributed by atoms with E-state index in [1.807, 2.05) is 24.0 Å². The molecule has 4 nitrogen and oxygen atoms in total. The van der Waals surface area contributed by atoms with Crippen molar-refractivity contribution in [3.8, 4) is 5.75 Å². The van der Waals surface area contributed by atoms with Gasteiger partial charge in [0.15, 0.2) is 6.61 Å². The number of rotatable bonds is 5. The van der Waals surface area contributed by atoms with Gasteiger partial charge in [-0.25, -0.2) is 0 Å². The SMILES string of the molecule is Cc1cc(OCC(=O)N2CCN(c3ccccc3C)CC2)c(C(C)C)cc1Cl. The first-order chi connectivity index (χ1) is 13.4. The van der Waals surface area contributed by atoms with Crippen molar-refractivity contribution in [1.82, 2.24) is 4.90 Å². The molecular formula is C23H29ClN2O2. The molecule has 0 atom stereocenters. The molecule has 0 unspecified atom stereocenters. The van der Waals surface area contributed by atoms with Crippen LogP contribution >= 0.6 is 11.6 Å². The van der Waals surface area contributed by atoms with E-state index in [4.69, 9.17) is 16.3 Å². The highest BCUT2D eigenvalue weighted by molar-refractivity contribution is 6.31. The minimum atomic E-state index is 0.0340. The Morgan fingerprint density at radius 2 is 1.75 bits per heavy atom. The largest absolute Gasteiger partial charge is 0.483 e. The number of anilines is 1. The second-order valence-corrected chi connectivity index (χ2v) is 8.14. The van der Waals surface area contributed by atoms with Crippen LogP contribution in [-0.2, 0) is 4.79 Å². The Labute approximate surface area is 173 Å². The molecule has 0 saturated carbocycles. The number of ether oxygens (including phenoxy) is 1.